The first-order valence-corrected chi connectivity index (χ1v) is 13.3. The van der Waals surface area contributed by atoms with Gasteiger partial charge in [-0.25, -0.2) is 0 Å². The Balaban J connectivity index is 2.10. The molecule has 0 radical (unpaired) electrons. The van der Waals surface area contributed by atoms with E-state index in [2.05, 4.69) is 55.2 Å². The molecule has 1 aromatic carbocycles. The van der Waals surface area contributed by atoms with Gasteiger partial charge < -0.3 is 0 Å². The van der Waals surface area contributed by atoms with Gasteiger partial charge in [0.15, 0.2) is 0 Å². The summed E-state index contributed by atoms with van der Waals surface area (Å²) >= 11 is -2.19. The van der Waals surface area contributed by atoms with Crippen molar-refractivity contribution in [1.29, 1.82) is 0 Å². The summed E-state index contributed by atoms with van der Waals surface area (Å²) in [5.41, 5.74) is 2.72. The van der Waals surface area contributed by atoms with Gasteiger partial charge in [0.05, 0.1) is 0 Å². The molecule has 0 saturated carbocycles. The Hall–Kier alpha value is -0.277. The van der Waals surface area contributed by atoms with E-state index in [-0.39, 0.29) is 3.81 Å². The van der Waals surface area contributed by atoms with Gasteiger partial charge in [-0.2, -0.15) is 0 Å². The van der Waals surface area contributed by atoms with E-state index in [0.717, 1.165) is 36.8 Å². The van der Waals surface area contributed by atoms with Crippen LogP contribution in [0.5, 0.6) is 0 Å². The molecule has 0 bridgehead atoms. The van der Waals surface area contributed by atoms with Gasteiger partial charge in [0, 0.05) is 0 Å². The molecule has 0 spiro atoms. The number of hydrogen-bond acceptors (Lipinski definition) is 3. The number of rotatable bonds is 10. The summed E-state index contributed by atoms with van der Waals surface area (Å²) in [6.07, 6.45) is 6.81. The first kappa shape index (κ1) is 19.1. The SMILES string of the molecule is CCCN(CCC)C[CH](O)[Zr]([CH2]OC)[CH]1C=Cc2ccccc21. The predicted molar refractivity (Wildman–Crippen MR) is 93.1 cm³/mol. The minimum atomic E-state index is -2.19. The minimum absolute atomic E-state index is 0.184. The van der Waals surface area contributed by atoms with E-state index < -0.39 is 21.8 Å². The summed E-state index contributed by atoms with van der Waals surface area (Å²) in [6.45, 7) is 7.38. The summed E-state index contributed by atoms with van der Waals surface area (Å²) in [5, 5.41) is 11.0. The molecule has 1 aliphatic rings. The second-order valence-electron chi connectivity index (χ2n) is 6.29. The Morgan fingerprint density at radius 3 is 2.57 bits per heavy atom. The first-order valence-electron chi connectivity index (χ1n) is 8.73. The molecule has 23 heavy (non-hydrogen) atoms. The number of fused-ring (bicyclic) bond motifs is 1. The second kappa shape index (κ2) is 9.88. The van der Waals surface area contributed by atoms with Gasteiger partial charge in [-0.1, -0.05) is 0 Å². The Morgan fingerprint density at radius 1 is 1.22 bits per heavy atom. The average Bonchev–Trinajstić information content (AvgIpc) is 2.97. The molecule has 2 atom stereocenters. The molecule has 3 nitrogen and oxygen atoms in total. The van der Waals surface area contributed by atoms with Crippen molar-refractivity contribution in [3.63, 3.8) is 0 Å². The standard InChI is InChI=1S/C9H7.C8H18NO.C2H5O.Zr/c1-2-5-9-7-3-6-8(9)4-1;1-3-5-9(6-4-2)7-8-10;1-3-2;/h1-7H;8,10H,3-7H2,1-2H3;1H2,2H3;. The van der Waals surface area contributed by atoms with E-state index in [1.165, 1.54) is 11.1 Å². The van der Waals surface area contributed by atoms with Crippen LogP contribution in [0.15, 0.2) is 30.3 Å². The number of aliphatic hydroxyl groups is 1. The van der Waals surface area contributed by atoms with Crippen LogP contribution in [-0.2, 0) is 26.5 Å². The fourth-order valence-electron chi connectivity index (χ4n) is 3.42. The average molecular weight is 396 g/mol. The van der Waals surface area contributed by atoms with Crippen molar-refractivity contribution in [2.45, 2.75) is 34.1 Å². The van der Waals surface area contributed by atoms with Crippen LogP contribution in [0, 0.1) is 0 Å². The molecule has 0 saturated heterocycles. The normalized spacial score (nSPS) is 17.5. The summed E-state index contributed by atoms with van der Waals surface area (Å²) in [4.78, 5) is 2.42. The zero-order chi connectivity index (χ0) is 16.7. The molecule has 0 heterocycles. The van der Waals surface area contributed by atoms with E-state index in [0.29, 0.717) is 3.63 Å². The van der Waals surface area contributed by atoms with Gasteiger partial charge in [-0.3, -0.25) is 0 Å². The third kappa shape index (κ3) is 5.10. The summed E-state index contributed by atoms with van der Waals surface area (Å²) in [7, 11) is 1.77. The van der Waals surface area contributed by atoms with Crippen LogP contribution in [0.3, 0.4) is 0 Å². The number of benzene rings is 1. The second-order valence-corrected chi connectivity index (χ2v) is 13.0. The zero-order valence-corrected chi connectivity index (χ0v) is 17.1. The van der Waals surface area contributed by atoms with Crippen molar-refractivity contribution in [2.75, 3.05) is 31.1 Å². The number of ether oxygens (including phenoxy) is 1. The van der Waals surface area contributed by atoms with E-state index in [4.69, 9.17) is 4.74 Å². The van der Waals surface area contributed by atoms with Crippen molar-refractivity contribution in [2.24, 2.45) is 0 Å². The Morgan fingerprint density at radius 2 is 1.91 bits per heavy atom. The number of aliphatic hydroxyl groups excluding tert-OH is 1. The quantitative estimate of drug-likeness (QED) is 0.659. The van der Waals surface area contributed by atoms with Crippen LogP contribution >= 0.6 is 0 Å². The van der Waals surface area contributed by atoms with Crippen LogP contribution < -0.4 is 0 Å². The molecule has 1 N–H and O–H groups in total. The maximum absolute atomic E-state index is 11.0. The van der Waals surface area contributed by atoms with E-state index in [1.54, 1.807) is 7.11 Å². The Bertz CT molecular complexity index is 500. The van der Waals surface area contributed by atoms with Gasteiger partial charge in [0.25, 0.3) is 0 Å². The molecular weight excluding hydrogens is 365 g/mol. The van der Waals surface area contributed by atoms with Crippen molar-refractivity contribution in [3.8, 4) is 0 Å². The Labute approximate surface area is 149 Å². The molecule has 0 aromatic heterocycles. The van der Waals surface area contributed by atoms with Gasteiger partial charge in [-0.05, 0) is 0 Å². The van der Waals surface area contributed by atoms with Crippen molar-refractivity contribution in [3.05, 3.63) is 41.5 Å². The van der Waals surface area contributed by atoms with E-state index in [9.17, 15) is 5.11 Å². The molecule has 1 aromatic rings. The maximum atomic E-state index is 11.0. The summed E-state index contributed by atoms with van der Waals surface area (Å²) in [6, 6.07) is 8.59. The third-order valence-electron chi connectivity index (χ3n) is 4.45. The van der Waals surface area contributed by atoms with E-state index >= 15 is 0 Å². The van der Waals surface area contributed by atoms with E-state index in [1.807, 2.05) is 0 Å². The number of allylic oxidation sites excluding steroid dienone is 1. The zero-order valence-electron chi connectivity index (χ0n) is 14.7. The molecular formula is C19H30NO2Zr. The van der Waals surface area contributed by atoms with Crippen molar-refractivity contribution < 1.29 is 31.6 Å². The topological polar surface area (TPSA) is 32.7 Å². The first-order chi connectivity index (χ1) is 11.2. The fraction of sp³-hybridized carbons (Fsp3) is 0.579. The van der Waals surface area contributed by atoms with Gasteiger partial charge >= 0.3 is 149 Å². The molecule has 2 unspecified atom stereocenters. The van der Waals surface area contributed by atoms with Crippen LogP contribution in [0.4, 0.5) is 0 Å². The Kier molecular flexibility index (Phi) is 8.19. The number of hydrogen-bond donors (Lipinski definition) is 1. The molecule has 127 valence electrons. The number of methoxy groups -OCH3 is 1. The molecule has 0 amide bonds. The predicted octanol–water partition coefficient (Wildman–Crippen LogP) is 3.42. The monoisotopic (exact) mass is 394 g/mol. The fourth-order valence-corrected chi connectivity index (χ4v) is 9.86. The van der Waals surface area contributed by atoms with Gasteiger partial charge in [-0.15, -0.1) is 0 Å². The molecule has 0 fully saturated rings. The van der Waals surface area contributed by atoms with Crippen LogP contribution in [-0.4, -0.2) is 44.9 Å². The molecule has 4 heteroatoms. The molecule has 1 aliphatic carbocycles. The summed E-state index contributed by atoms with van der Waals surface area (Å²) < 4.78 is 6.56. The third-order valence-corrected chi connectivity index (χ3v) is 11.7. The number of nitrogens with zero attached hydrogens (tertiary/aromatic N) is 1. The van der Waals surface area contributed by atoms with Gasteiger partial charge in [0.2, 0.25) is 0 Å². The van der Waals surface area contributed by atoms with Gasteiger partial charge in [0.1, 0.15) is 0 Å². The molecule has 2 rings (SSSR count). The van der Waals surface area contributed by atoms with Crippen LogP contribution in [0.1, 0.15) is 41.4 Å². The molecule has 0 aliphatic heterocycles. The van der Waals surface area contributed by atoms with Crippen LogP contribution in [0.2, 0.25) is 0 Å². The summed E-state index contributed by atoms with van der Waals surface area (Å²) in [5.74, 6) is 0. The van der Waals surface area contributed by atoms with Crippen molar-refractivity contribution in [1.82, 2.24) is 4.90 Å². The van der Waals surface area contributed by atoms with Crippen LogP contribution in [0.25, 0.3) is 6.08 Å². The van der Waals surface area contributed by atoms with Crippen molar-refractivity contribution >= 4 is 6.08 Å².